The van der Waals surface area contributed by atoms with Gasteiger partial charge in [-0.15, -0.1) is 0 Å². The molecule has 3 rings (SSSR count). The van der Waals surface area contributed by atoms with Gasteiger partial charge in [0.25, 0.3) is 0 Å². The van der Waals surface area contributed by atoms with Gasteiger partial charge in [0.05, 0.1) is 6.20 Å². The van der Waals surface area contributed by atoms with Crippen LogP contribution in [0.1, 0.15) is 31.2 Å². The summed E-state index contributed by atoms with van der Waals surface area (Å²) in [6.07, 6.45) is 10.7. The molecule has 0 aliphatic heterocycles. The topological polar surface area (TPSA) is 56.2 Å². The molecule has 1 saturated carbocycles. The lowest BCUT2D eigenvalue weighted by atomic mass is 9.63. The molecular formula is C12H16N4. The highest BCUT2D eigenvalue weighted by atomic mass is 15.2. The van der Waals surface area contributed by atoms with Gasteiger partial charge in [-0.1, -0.05) is 6.42 Å². The third kappa shape index (κ3) is 1.33. The first-order valence-corrected chi connectivity index (χ1v) is 5.84. The molecule has 16 heavy (non-hydrogen) atoms. The number of nitrogens with zero attached hydrogens (tertiary/aromatic N) is 3. The highest BCUT2D eigenvalue weighted by Crippen LogP contribution is 2.45. The number of aromatic nitrogens is 3. The van der Waals surface area contributed by atoms with Crippen LogP contribution < -0.4 is 5.73 Å². The Balaban J connectivity index is 2.03. The van der Waals surface area contributed by atoms with Gasteiger partial charge in [-0.25, -0.2) is 9.50 Å². The molecule has 2 aromatic heterocycles. The first kappa shape index (κ1) is 9.78. The van der Waals surface area contributed by atoms with Crippen LogP contribution in [0.2, 0.25) is 0 Å². The van der Waals surface area contributed by atoms with Gasteiger partial charge < -0.3 is 5.73 Å². The van der Waals surface area contributed by atoms with Crippen molar-refractivity contribution in [3.63, 3.8) is 0 Å². The summed E-state index contributed by atoms with van der Waals surface area (Å²) >= 11 is 0. The van der Waals surface area contributed by atoms with E-state index in [0.29, 0.717) is 0 Å². The SMILES string of the molecule is NCCC1(c2cnc3ccnn3c2)CCC1. The second-order valence-corrected chi connectivity index (χ2v) is 4.65. The number of rotatable bonds is 3. The second kappa shape index (κ2) is 3.56. The molecule has 0 saturated heterocycles. The maximum Gasteiger partial charge on any atom is 0.154 e. The minimum absolute atomic E-state index is 0.280. The van der Waals surface area contributed by atoms with E-state index in [0.717, 1.165) is 18.6 Å². The molecule has 0 spiro atoms. The van der Waals surface area contributed by atoms with E-state index in [9.17, 15) is 0 Å². The third-order valence-corrected chi connectivity index (χ3v) is 3.79. The number of hydrogen-bond acceptors (Lipinski definition) is 3. The Bertz CT molecular complexity index is 498. The average Bonchev–Trinajstić information content (AvgIpc) is 2.70. The number of hydrogen-bond donors (Lipinski definition) is 1. The summed E-state index contributed by atoms with van der Waals surface area (Å²) in [5, 5.41) is 4.23. The molecule has 1 aliphatic rings. The lowest BCUT2D eigenvalue weighted by Crippen LogP contribution is -2.36. The maximum absolute atomic E-state index is 5.71. The van der Waals surface area contributed by atoms with E-state index in [4.69, 9.17) is 5.73 Å². The fourth-order valence-corrected chi connectivity index (χ4v) is 2.65. The monoisotopic (exact) mass is 216 g/mol. The molecule has 0 radical (unpaired) electrons. The van der Waals surface area contributed by atoms with E-state index in [1.165, 1.54) is 24.8 Å². The van der Waals surface area contributed by atoms with Gasteiger partial charge in [0, 0.05) is 18.5 Å². The van der Waals surface area contributed by atoms with Crippen molar-refractivity contribution in [2.75, 3.05) is 6.54 Å². The fraction of sp³-hybridized carbons (Fsp3) is 0.500. The molecule has 1 fully saturated rings. The summed E-state index contributed by atoms with van der Waals surface area (Å²) in [7, 11) is 0. The van der Waals surface area contributed by atoms with Gasteiger partial charge in [-0.3, -0.25) is 0 Å². The molecular weight excluding hydrogens is 200 g/mol. The summed E-state index contributed by atoms with van der Waals surface area (Å²) in [5.74, 6) is 0. The van der Waals surface area contributed by atoms with Gasteiger partial charge in [0.2, 0.25) is 0 Å². The van der Waals surface area contributed by atoms with Crippen LogP contribution in [-0.2, 0) is 5.41 Å². The van der Waals surface area contributed by atoms with E-state index in [2.05, 4.69) is 16.3 Å². The van der Waals surface area contributed by atoms with Crippen molar-refractivity contribution in [2.45, 2.75) is 31.1 Å². The summed E-state index contributed by atoms with van der Waals surface area (Å²) in [6, 6.07) is 1.92. The molecule has 2 aromatic rings. The van der Waals surface area contributed by atoms with Crippen molar-refractivity contribution in [2.24, 2.45) is 5.73 Å². The van der Waals surface area contributed by atoms with Crippen LogP contribution >= 0.6 is 0 Å². The summed E-state index contributed by atoms with van der Waals surface area (Å²) in [5.41, 5.74) is 8.19. The zero-order chi connectivity index (χ0) is 11.0. The molecule has 4 nitrogen and oxygen atoms in total. The standard InChI is InChI=1S/C12H16N4/c13-6-5-12(3-1-4-12)10-8-14-11-2-7-15-16(11)9-10/h2,7-9H,1,3-6,13H2. The summed E-state index contributed by atoms with van der Waals surface area (Å²) < 4.78 is 1.85. The lowest BCUT2D eigenvalue weighted by Gasteiger charge is -2.42. The van der Waals surface area contributed by atoms with Crippen molar-refractivity contribution in [3.8, 4) is 0 Å². The predicted molar refractivity (Wildman–Crippen MR) is 62.2 cm³/mol. The first-order valence-electron chi connectivity index (χ1n) is 5.84. The molecule has 0 unspecified atom stereocenters. The molecule has 2 heterocycles. The quantitative estimate of drug-likeness (QED) is 0.846. The number of fused-ring (bicyclic) bond motifs is 1. The van der Waals surface area contributed by atoms with Gasteiger partial charge in [-0.05, 0) is 36.8 Å². The summed E-state index contributed by atoms with van der Waals surface area (Å²) in [6.45, 7) is 0.747. The van der Waals surface area contributed by atoms with Crippen LogP contribution in [0.15, 0.2) is 24.7 Å². The predicted octanol–water partition coefficient (Wildman–Crippen LogP) is 1.50. The average molecular weight is 216 g/mol. The minimum atomic E-state index is 0.280. The number of nitrogens with two attached hydrogens (primary N) is 1. The zero-order valence-corrected chi connectivity index (χ0v) is 9.26. The third-order valence-electron chi connectivity index (χ3n) is 3.79. The molecule has 0 aromatic carbocycles. The molecule has 0 amide bonds. The minimum Gasteiger partial charge on any atom is -0.330 e. The highest BCUT2D eigenvalue weighted by molar-refractivity contribution is 5.38. The van der Waals surface area contributed by atoms with Crippen molar-refractivity contribution in [3.05, 3.63) is 30.2 Å². The van der Waals surface area contributed by atoms with Gasteiger partial charge >= 0.3 is 0 Å². The highest BCUT2D eigenvalue weighted by Gasteiger charge is 2.38. The van der Waals surface area contributed by atoms with Gasteiger partial charge in [0.15, 0.2) is 5.65 Å². The molecule has 84 valence electrons. The molecule has 0 atom stereocenters. The van der Waals surface area contributed by atoms with Gasteiger partial charge in [0.1, 0.15) is 0 Å². The van der Waals surface area contributed by atoms with E-state index in [1.807, 2.05) is 16.8 Å². The van der Waals surface area contributed by atoms with E-state index >= 15 is 0 Å². The Hall–Kier alpha value is -1.42. The van der Waals surface area contributed by atoms with Crippen LogP contribution in [0, 0.1) is 0 Å². The Morgan fingerprint density at radius 1 is 1.44 bits per heavy atom. The van der Waals surface area contributed by atoms with E-state index < -0.39 is 0 Å². The Morgan fingerprint density at radius 3 is 3.00 bits per heavy atom. The van der Waals surface area contributed by atoms with Gasteiger partial charge in [-0.2, -0.15) is 5.10 Å². The van der Waals surface area contributed by atoms with Crippen LogP contribution in [0.5, 0.6) is 0 Å². The second-order valence-electron chi connectivity index (χ2n) is 4.65. The smallest absolute Gasteiger partial charge is 0.154 e. The van der Waals surface area contributed by atoms with Crippen LogP contribution in [-0.4, -0.2) is 21.1 Å². The fourth-order valence-electron chi connectivity index (χ4n) is 2.65. The molecule has 4 heteroatoms. The lowest BCUT2D eigenvalue weighted by molar-refractivity contribution is 0.228. The summed E-state index contributed by atoms with van der Waals surface area (Å²) in [4.78, 5) is 4.43. The van der Waals surface area contributed by atoms with Crippen molar-refractivity contribution < 1.29 is 0 Å². The Kier molecular flexibility index (Phi) is 2.17. The zero-order valence-electron chi connectivity index (χ0n) is 9.26. The van der Waals surface area contributed by atoms with Crippen molar-refractivity contribution in [1.82, 2.24) is 14.6 Å². The Labute approximate surface area is 94.5 Å². The normalized spacial score (nSPS) is 18.6. The van der Waals surface area contributed by atoms with Crippen LogP contribution in [0.4, 0.5) is 0 Å². The Morgan fingerprint density at radius 2 is 2.31 bits per heavy atom. The maximum atomic E-state index is 5.71. The molecule has 2 N–H and O–H groups in total. The van der Waals surface area contributed by atoms with Crippen LogP contribution in [0.3, 0.4) is 0 Å². The molecule has 0 bridgehead atoms. The van der Waals surface area contributed by atoms with Crippen molar-refractivity contribution in [1.29, 1.82) is 0 Å². The largest absolute Gasteiger partial charge is 0.330 e. The first-order chi connectivity index (χ1) is 7.84. The van der Waals surface area contributed by atoms with Crippen molar-refractivity contribution >= 4 is 5.65 Å². The van der Waals surface area contributed by atoms with Crippen LogP contribution in [0.25, 0.3) is 5.65 Å². The molecule has 1 aliphatic carbocycles. The van der Waals surface area contributed by atoms with E-state index in [-0.39, 0.29) is 5.41 Å². The van der Waals surface area contributed by atoms with E-state index in [1.54, 1.807) is 6.20 Å².